The first kappa shape index (κ1) is 20.3. The molecule has 0 saturated carbocycles. The van der Waals surface area contributed by atoms with Crippen LogP contribution in [-0.4, -0.2) is 70.3 Å². The van der Waals surface area contributed by atoms with Crippen molar-refractivity contribution in [2.75, 3.05) is 32.7 Å². The molecule has 4 heterocycles. The van der Waals surface area contributed by atoms with Crippen molar-refractivity contribution in [2.45, 2.75) is 64.5 Å². The van der Waals surface area contributed by atoms with Gasteiger partial charge in [0.05, 0.1) is 6.54 Å². The Morgan fingerprint density at radius 1 is 1.14 bits per heavy atom. The van der Waals surface area contributed by atoms with Gasteiger partial charge in [-0.15, -0.1) is 0 Å². The minimum absolute atomic E-state index is 0.177. The van der Waals surface area contributed by atoms with Crippen LogP contribution in [0.2, 0.25) is 0 Å². The van der Waals surface area contributed by atoms with Crippen molar-refractivity contribution in [1.29, 1.82) is 0 Å². The van der Waals surface area contributed by atoms with Crippen molar-refractivity contribution in [3.05, 3.63) is 30.1 Å². The molecule has 1 atom stereocenters. The number of carbonyl (C=O) groups excluding carboxylic acids is 2. The predicted molar refractivity (Wildman–Crippen MR) is 112 cm³/mol. The predicted octanol–water partition coefficient (Wildman–Crippen LogP) is 2.69. The van der Waals surface area contributed by atoms with Gasteiger partial charge in [0.25, 0.3) is 0 Å². The largest absolute Gasteiger partial charge is 0.342 e. The maximum absolute atomic E-state index is 12.9. The van der Waals surface area contributed by atoms with Gasteiger partial charge < -0.3 is 9.80 Å². The summed E-state index contributed by atoms with van der Waals surface area (Å²) in [5.74, 6) is 0.541. The van der Waals surface area contributed by atoms with Crippen molar-refractivity contribution >= 4 is 11.8 Å². The number of likely N-dealkylation sites (tertiary alicyclic amines) is 3. The van der Waals surface area contributed by atoms with E-state index in [2.05, 4.69) is 21.7 Å². The molecule has 4 rings (SSSR count). The standard InChI is InChI=1S/C23H34N4O2/c1-19-4-2-3-13-26(19)17-22(29)25-14-9-23(10-15-25)8-5-21(28)27(18-23)16-20-6-11-24-12-7-20/h6-7,11-12,19H,2-5,8-10,13-18H2,1H3. The zero-order valence-corrected chi connectivity index (χ0v) is 17.7. The number of piperidine rings is 3. The van der Waals surface area contributed by atoms with E-state index in [1.165, 1.54) is 19.3 Å². The Morgan fingerprint density at radius 2 is 1.90 bits per heavy atom. The van der Waals surface area contributed by atoms with Gasteiger partial charge in [-0.3, -0.25) is 19.5 Å². The number of rotatable bonds is 4. The highest BCUT2D eigenvalue weighted by molar-refractivity contribution is 5.79. The van der Waals surface area contributed by atoms with Crippen LogP contribution in [0.4, 0.5) is 0 Å². The SMILES string of the molecule is CC1CCCCN1CC(=O)N1CCC2(CCC(=O)N(Cc3ccncc3)C2)CC1. The van der Waals surface area contributed by atoms with Crippen molar-refractivity contribution < 1.29 is 9.59 Å². The summed E-state index contributed by atoms with van der Waals surface area (Å²) in [4.78, 5) is 35.9. The van der Waals surface area contributed by atoms with E-state index in [9.17, 15) is 9.59 Å². The first-order valence-corrected chi connectivity index (χ1v) is 11.2. The van der Waals surface area contributed by atoms with Gasteiger partial charge in [-0.05, 0) is 68.7 Å². The van der Waals surface area contributed by atoms with Gasteiger partial charge in [0, 0.05) is 51.0 Å². The van der Waals surface area contributed by atoms with Gasteiger partial charge in [-0.1, -0.05) is 6.42 Å². The molecule has 0 aliphatic carbocycles. The van der Waals surface area contributed by atoms with Crippen molar-refractivity contribution in [2.24, 2.45) is 5.41 Å². The number of pyridine rings is 1. The van der Waals surface area contributed by atoms with E-state index in [0.717, 1.165) is 51.0 Å². The quantitative estimate of drug-likeness (QED) is 0.783. The van der Waals surface area contributed by atoms with Gasteiger partial charge in [0.15, 0.2) is 0 Å². The van der Waals surface area contributed by atoms with E-state index in [1.54, 1.807) is 12.4 Å². The minimum Gasteiger partial charge on any atom is -0.342 e. The molecule has 1 aromatic heterocycles. The normalized spacial score (nSPS) is 25.4. The lowest BCUT2D eigenvalue weighted by atomic mass is 9.72. The summed E-state index contributed by atoms with van der Waals surface area (Å²) >= 11 is 0. The summed E-state index contributed by atoms with van der Waals surface area (Å²) < 4.78 is 0. The highest BCUT2D eigenvalue weighted by Gasteiger charge is 2.41. The zero-order valence-electron chi connectivity index (χ0n) is 17.7. The summed E-state index contributed by atoms with van der Waals surface area (Å²) in [6, 6.07) is 4.49. The molecule has 1 aromatic rings. The molecule has 3 saturated heterocycles. The van der Waals surface area contributed by atoms with E-state index in [4.69, 9.17) is 0 Å². The molecule has 2 amide bonds. The van der Waals surface area contributed by atoms with Gasteiger partial charge in [-0.2, -0.15) is 0 Å². The molecule has 0 N–H and O–H groups in total. The van der Waals surface area contributed by atoms with Crippen molar-refractivity contribution in [3.63, 3.8) is 0 Å². The number of carbonyl (C=O) groups is 2. The highest BCUT2D eigenvalue weighted by atomic mass is 16.2. The third-order valence-electron chi connectivity index (χ3n) is 7.33. The molecular formula is C23H34N4O2. The Morgan fingerprint density at radius 3 is 2.62 bits per heavy atom. The second kappa shape index (κ2) is 8.82. The van der Waals surface area contributed by atoms with Crippen LogP contribution in [0.1, 0.15) is 57.4 Å². The van der Waals surface area contributed by atoms with Crippen LogP contribution in [0.3, 0.4) is 0 Å². The van der Waals surface area contributed by atoms with Crippen LogP contribution >= 0.6 is 0 Å². The topological polar surface area (TPSA) is 56.8 Å². The molecule has 0 bridgehead atoms. The first-order valence-electron chi connectivity index (χ1n) is 11.2. The molecular weight excluding hydrogens is 364 g/mol. The lowest BCUT2D eigenvalue weighted by Gasteiger charge is -2.47. The average molecular weight is 399 g/mol. The average Bonchev–Trinajstić information content (AvgIpc) is 2.74. The smallest absolute Gasteiger partial charge is 0.236 e. The number of nitrogens with zero attached hydrogens (tertiary/aromatic N) is 4. The summed E-state index contributed by atoms with van der Waals surface area (Å²) in [6.07, 6.45) is 10.9. The second-order valence-corrected chi connectivity index (χ2v) is 9.30. The van der Waals surface area contributed by atoms with E-state index in [1.807, 2.05) is 17.0 Å². The fourth-order valence-corrected chi connectivity index (χ4v) is 5.26. The number of amides is 2. The molecule has 3 fully saturated rings. The number of hydrogen-bond acceptors (Lipinski definition) is 4. The van der Waals surface area contributed by atoms with E-state index < -0.39 is 0 Å². The van der Waals surface area contributed by atoms with Crippen LogP contribution in [0.25, 0.3) is 0 Å². The number of hydrogen-bond donors (Lipinski definition) is 0. The lowest BCUT2D eigenvalue weighted by Crippen LogP contribution is -2.53. The van der Waals surface area contributed by atoms with E-state index in [-0.39, 0.29) is 17.2 Å². The maximum Gasteiger partial charge on any atom is 0.236 e. The van der Waals surface area contributed by atoms with E-state index in [0.29, 0.717) is 25.6 Å². The Labute approximate surface area is 174 Å². The Balaban J connectivity index is 1.31. The summed E-state index contributed by atoms with van der Waals surface area (Å²) in [7, 11) is 0. The molecule has 1 unspecified atom stereocenters. The maximum atomic E-state index is 12.9. The zero-order chi connectivity index (χ0) is 20.3. The summed E-state index contributed by atoms with van der Waals surface area (Å²) in [5.41, 5.74) is 1.31. The molecule has 6 heteroatoms. The Bertz CT molecular complexity index is 715. The monoisotopic (exact) mass is 398 g/mol. The van der Waals surface area contributed by atoms with Gasteiger partial charge in [0.2, 0.25) is 11.8 Å². The highest BCUT2D eigenvalue weighted by Crippen LogP contribution is 2.40. The third kappa shape index (κ3) is 4.80. The van der Waals surface area contributed by atoms with Gasteiger partial charge in [0.1, 0.15) is 0 Å². The molecule has 6 nitrogen and oxygen atoms in total. The lowest BCUT2D eigenvalue weighted by molar-refractivity contribution is -0.143. The Kier molecular flexibility index (Phi) is 6.18. The molecule has 0 aromatic carbocycles. The third-order valence-corrected chi connectivity index (χ3v) is 7.33. The summed E-state index contributed by atoms with van der Waals surface area (Å²) in [6.45, 7) is 7.01. The van der Waals surface area contributed by atoms with Crippen LogP contribution in [0.15, 0.2) is 24.5 Å². The van der Waals surface area contributed by atoms with Crippen molar-refractivity contribution in [1.82, 2.24) is 19.7 Å². The molecule has 0 radical (unpaired) electrons. The molecule has 1 spiro atoms. The second-order valence-electron chi connectivity index (χ2n) is 9.30. The molecule has 3 aliphatic rings. The Hall–Kier alpha value is -1.95. The minimum atomic E-state index is 0.177. The van der Waals surface area contributed by atoms with Crippen LogP contribution in [-0.2, 0) is 16.1 Å². The molecule has 29 heavy (non-hydrogen) atoms. The molecule has 3 aliphatic heterocycles. The van der Waals surface area contributed by atoms with Crippen LogP contribution < -0.4 is 0 Å². The first-order chi connectivity index (χ1) is 14.0. The summed E-state index contributed by atoms with van der Waals surface area (Å²) in [5, 5.41) is 0. The van der Waals surface area contributed by atoms with Gasteiger partial charge in [-0.25, -0.2) is 0 Å². The fourth-order valence-electron chi connectivity index (χ4n) is 5.26. The number of aromatic nitrogens is 1. The van der Waals surface area contributed by atoms with Crippen molar-refractivity contribution in [3.8, 4) is 0 Å². The molecule has 158 valence electrons. The van der Waals surface area contributed by atoms with Crippen LogP contribution in [0.5, 0.6) is 0 Å². The van der Waals surface area contributed by atoms with Crippen LogP contribution in [0, 0.1) is 5.41 Å². The van der Waals surface area contributed by atoms with Gasteiger partial charge >= 0.3 is 0 Å². The fraction of sp³-hybridized carbons (Fsp3) is 0.696. The van der Waals surface area contributed by atoms with E-state index >= 15 is 0 Å².